The van der Waals surface area contributed by atoms with Crippen LogP contribution >= 0.6 is 34.8 Å². The van der Waals surface area contributed by atoms with E-state index in [-0.39, 0.29) is 28.5 Å². The van der Waals surface area contributed by atoms with Crippen LogP contribution in [-0.2, 0) is 9.53 Å². The Balaban J connectivity index is 0.000000550. The van der Waals surface area contributed by atoms with Crippen LogP contribution in [0.2, 0.25) is 5.02 Å². The smallest absolute Gasteiger partial charge is 0.265 e. The number of aldehydes is 1. The number of halogens is 3. The first kappa shape index (κ1) is 36.6. The Kier molecular flexibility index (Phi) is 15.5. The van der Waals surface area contributed by atoms with E-state index in [0.29, 0.717) is 35.2 Å². The molecule has 1 aromatic rings. The van der Waals surface area contributed by atoms with Gasteiger partial charge in [-0.25, -0.2) is 0 Å². The summed E-state index contributed by atoms with van der Waals surface area (Å²) in [5, 5.41) is 15.6. The minimum absolute atomic E-state index is 0.0486. The molecule has 0 heterocycles. The number of likely N-dealkylation sites (N-methyl/N-ethyl adjacent to an activating group) is 1. The van der Waals surface area contributed by atoms with Gasteiger partial charge in [0.2, 0.25) is 0 Å². The molecule has 4 rings (SSSR count). The zero-order chi connectivity index (χ0) is 32.0. The van der Waals surface area contributed by atoms with E-state index in [4.69, 9.17) is 39.5 Å². The SMILES string of the molecule is CC.CN(CC1C=CC([N+](=O)[O-])=CCC1)C(OCC1(CN=O)CC1)C1=CC(Cl)=C(Cl)C=CC1C=O.Cc1ccc(Cl)cc1. The van der Waals surface area contributed by atoms with Crippen molar-refractivity contribution in [1.82, 2.24) is 4.90 Å². The lowest BCUT2D eigenvalue weighted by molar-refractivity contribution is -0.419. The highest BCUT2D eigenvalue weighted by atomic mass is 35.5. The van der Waals surface area contributed by atoms with Crippen molar-refractivity contribution in [3.63, 3.8) is 0 Å². The summed E-state index contributed by atoms with van der Waals surface area (Å²) in [6, 6.07) is 7.75. The van der Waals surface area contributed by atoms with E-state index < -0.39 is 12.1 Å². The monoisotopic (exact) mass is 651 g/mol. The highest BCUT2D eigenvalue weighted by molar-refractivity contribution is 6.41. The van der Waals surface area contributed by atoms with Crippen molar-refractivity contribution in [3.05, 3.63) is 108 Å². The standard InChI is InChI=1S/C23H27Cl2N3O5.C7H7Cl.C2H6/c1-27(12-16-3-2-4-18(7-5-16)28(31)32)22(33-15-23(9-10-23)14-26-30)19-11-21(25)20(24)8-6-17(19)13-29;1-6-2-4-7(8)5-3-6;1-2/h4-8,11,13,16-17,22H,2-3,9-10,12,14-15H2,1H3;2-5H,1H3;1-2H3. The molecule has 1 saturated carbocycles. The van der Waals surface area contributed by atoms with Crippen LogP contribution in [0.3, 0.4) is 0 Å². The molecule has 0 aromatic heterocycles. The van der Waals surface area contributed by atoms with Crippen molar-refractivity contribution in [3.8, 4) is 0 Å². The lowest BCUT2D eigenvalue weighted by atomic mass is 9.96. The summed E-state index contributed by atoms with van der Waals surface area (Å²) in [7, 11) is 1.87. The lowest BCUT2D eigenvalue weighted by Crippen LogP contribution is -2.41. The summed E-state index contributed by atoms with van der Waals surface area (Å²) in [6.07, 6.45) is 13.2. The van der Waals surface area contributed by atoms with Gasteiger partial charge >= 0.3 is 0 Å². The molecule has 0 N–H and O–H groups in total. The second-order valence-electron chi connectivity index (χ2n) is 10.6. The highest BCUT2D eigenvalue weighted by Crippen LogP contribution is 2.46. The molecule has 3 atom stereocenters. The fraction of sp³-hybridized carbons (Fsp3) is 0.469. The van der Waals surface area contributed by atoms with Gasteiger partial charge in [0, 0.05) is 23.1 Å². The second kappa shape index (κ2) is 18.2. The lowest BCUT2D eigenvalue weighted by Gasteiger charge is -2.34. The van der Waals surface area contributed by atoms with Gasteiger partial charge in [-0.05, 0) is 81.5 Å². The van der Waals surface area contributed by atoms with Gasteiger partial charge in [0.15, 0.2) is 0 Å². The third-order valence-electron chi connectivity index (χ3n) is 7.27. The van der Waals surface area contributed by atoms with Gasteiger partial charge in [-0.1, -0.05) is 83.7 Å². The molecular weight excluding hydrogens is 613 g/mol. The number of allylic oxidation sites excluding steroid dienone is 7. The number of benzene rings is 1. The fourth-order valence-electron chi connectivity index (χ4n) is 4.58. The zero-order valence-corrected chi connectivity index (χ0v) is 27.3. The van der Waals surface area contributed by atoms with Crippen molar-refractivity contribution >= 4 is 41.1 Å². The van der Waals surface area contributed by atoms with E-state index in [2.05, 4.69) is 5.18 Å². The summed E-state index contributed by atoms with van der Waals surface area (Å²) in [4.78, 5) is 35.4. The molecule has 0 radical (unpaired) electrons. The van der Waals surface area contributed by atoms with Gasteiger partial charge in [0.1, 0.15) is 12.5 Å². The van der Waals surface area contributed by atoms with E-state index in [9.17, 15) is 19.8 Å². The van der Waals surface area contributed by atoms with Crippen molar-refractivity contribution in [1.29, 1.82) is 0 Å². The first-order chi connectivity index (χ1) is 20.6. The summed E-state index contributed by atoms with van der Waals surface area (Å²) < 4.78 is 6.32. The Morgan fingerprint density at radius 1 is 1.14 bits per heavy atom. The fourth-order valence-corrected chi connectivity index (χ4v) is 5.02. The predicted octanol–water partition coefficient (Wildman–Crippen LogP) is 8.61. The molecule has 43 heavy (non-hydrogen) atoms. The third kappa shape index (κ3) is 11.8. The predicted molar refractivity (Wildman–Crippen MR) is 175 cm³/mol. The molecule has 0 aliphatic heterocycles. The molecule has 3 aliphatic rings. The Hall–Kier alpha value is -2.62. The average Bonchev–Trinajstić information content (AvgIpc) is 3.81. The van der Waals surface area contributed by atoms with Crippen molar-refractivity contribution in [2.45, 2.75) is 52.7 Å². The molecule has 11 heteroatoms. The quantitative estimate of drug-likeness (QED) is 0.0780. The van der Waals surface area contributed by atoms with E-state index in [0.717, 1.165) is 30.6 Å². The van der Waals surface area contributed by atoms with Crippen LogP contribution in [0.4, 0.5) is 0 Å². The summed E-state index contributed by atoms with van der Waals surface area (Å²) >= 11 is 18.1. The van der Waals surface area contributed by atoms with Crippen LogP contribution in [0.5, 0.6) is 0 Å². The van der Waals surface area contributed by atoms with Crippen LogP contribution in [0.1, 0.15) is 45.1 Å². The molecule has 0 bridgehead atoms. The minimum atomic E-state index is -0.607. The van der Waals surface area contributed by atoms with Crippen LogP contribution in [0.15, 0.2) is 87.2 Å². The maximum atomic E-state index is 11.9. The number of aryl methyl sites for hydroxylation is 1. The average molecular weight is 653 g/mol. The number of hydrogen-bond acceptors (Lipinski definition) is 7. The molecule has 0 amide bonds. The van der Waals surface area contributed by atoms with E-state index in [1.807, 2.05) is 63.1 Å². The molecule has 8 nitrogen and oxygen atoms in total. The molecular formula is C32H40Cl3N3O5. The van der Waals surface area contributed by atoms with Gasteiger partial charge in [0.25, 0.3) is 5.70 Å². The molecule has 234 valence electrons. The van der Waals surface area contributed by atoms with Gasteiger partial charge < -0.3 is 9.53 Å². The molecule has 3 unspecified atom stereocenters. The molecule has 1 fully saturated rings. The van der Waals surface area contributed by atoms with Crippen LogP contribution in [0, 0.1) is 39.2 Å². The first-order valence-corrected chi connectivity index (χ1v) is 15.5. The van der Waals surface area contributed by atoms with Gasteiger partial charge in [-0.2, -0.15) is 4.91 Å². The summed E-state index contributed by atoms with van der Waals surface area (Å²) in [5.74, 6) is -0.540. The number of carbonyl (C=O) groups excluding carboxylic acids is 1. The van der Waals surface area contributed by atoms with Crippen molar-refractivity contribution < 1.29 is 14.5 Å². The van der Waals surface area contributed by atoms with Crippen LogP contribution < -0.4 is 0 Å². The van der Waals surface area contributed by atoms with E-state index >= 15 is 0 Å². The normalized spacial score (nSPS) is 21.1. The molecule has 0 saturated heterocycles. The Bertz CT molecular complexity index is 1230. The maximum Gasteiger partial charge on any atom is 0.265 e. The van der Waals surface area contributed by atoms with Gasteiger partial charge in [-0.15, -0.1) is 0 Å². The summed E-state index contributed by atoms with van der Waals surface area (Å²) in [5.41, 5.74) is 1.72. The maximum absolute atomic E-state index is 11.9. The first-order valence-electron chi connectivity index (χ1n) is 14.3. The topological polar surface area (TPSA) is 102 Å². The number of nitrogens with zero attached hydrogens (tertiary/aromatic N) is 3. The third-order valence-corrected chi connectivity index (χ3v) is 8.26. The van der Waals surface area contributed by atoms with Crippen molar-refractivity contribution in [2.75, 3.05) is 26.7 Å². The molecule has 0 spiro atoms. The van der Waals surface area contributed by atoms with Gasteiger partial charge in [-0.3, -0.25) is 15.0 Å². The number of rotatable bonds is 11. The van der Waals surface area contributed by atoms with Crippen LogP contribution in [0.25, 0.3) is 0 Å². The second-order valence-corrected chi connectivity index (χ2v) is 11.9. The highest BCUT2D eigenvalue weighted by Gasteiger charge is 2.44. The van der Waals surface area contributed by atoms with Crippen LogP contribution in [-0.4, -0.2) is 49.1 Å². The van der Waals surface area contributed by atoms with E-state index in [1.165, 1.54) is 11.6 Å². The number of hydrogen-bond donors (Lipinski definition) is 0. The Labute approximate surface area is 269 Å². The number of nitro groups is 1. The zero-order valence-electron chi connectivity index (χ0n) is 25.0. The Morgan fingerprint density at radius 2 is 1.81 bits per heavy atom. The van der Waals surface area contributed by atoms with Crippen molar-refractivity contribution in [2.24, 2.45) is 22.4 Å². The largest absolute Gasteiger partial charge is 0.359 e. The summed E-state index contributed by atoms with van der Waals surface area (Å²) in [6.45, 7) is 7.09. The minimum Gasteiger partial charge on any atom is -0.359 e. The van der Waals surface area contributed by atoms with Gasteiger partial charge in [0.05, 0.1) is 34.1 Å². The number of nitroso groups, excluding NO2 is 1. The Morgan fingerprint density at radius 3 is 2.37 bits per heavy atom. The molecule has 3 aliphatic carbocycles. The molecule has 1 aromatic carbocycles. The van der Waals surface area contributed by atoms with E-state index in [1.54, 1.807) is 24.3 Å². The number of ether oxygens (including phenoxy) is 1. The number of carbonyl (C=O) groups is 1.